The van der Waals surface area contributed by atoms with Gasteiger partial charge in [-0.15, -0.1) is 0 Å². The molecule has 5 aromatic carbocycles. The largest absolute Gasteiger partial charge is 0.495 e. The molecule has 0 aromatic heterocycles. The van der Waals surface area contributed by atoms with Crippen molar-refractivity contribution in [2.75, 3.05) is 76.1 Å². The number of hydrogen-bond donors (Lipinski definition) is 1. The second-order valence-electron chi connectivity index (χ2n) is 16.9. The van der Waals surface area contributed by atoms with Crippen LogP contribution >= 0.6 is 0 Å². The van der Waals surface area contributed by atoms with Crippen LogP contribution < -0.4 is 24.6 Å². The molecule has 1 amide bonds. The molecule has 5 aromatic rings. The van der Waals surface area contributed by atoms with Crippen LogP contribution in [0.15, 0.2) is 109 Å². The van der Waals surface area contributed by atoms with E-state index in [0.29, 0.717) is 45.7 Å². The van der Waals surface area contributed by atoms with Crippen LogP contribution in [0.25, 0.3) is 28.0 Å². The minimum absolute atomic E-state index is 0.179. The van der Waals surface area contributed by atoms with Crippen LogP contribution in [0.3, 0.4) is 0 Å². The van der Waals surface area contributed by atoms with Crippen molar-refractivity contribution < 1.29 is 28.5 Å². The van der Waals surface area contributed by atoms with Gasteiger partial charge >= 0.3 is 6.09 Å². The molecule has 9 heteroatoms. The number of amides is 1. The van der Waals surface area contributed by atoms with Gasteiger partial charge in [0.25, 0.3) is 0 Å². The number of fused-ring (bicyclic) bond motifs is 8. The van der Waals surface area contributed by atoms with Crippen molar-refractivity contribution >= 4 is 34.3 Å². The molecule has 1 unspecified atom stereocenters. The number of hydrogen-bond acceptors (Lipinski definition) is 8. The summed E-state index contributed by atoms with van der Waals surface area (Å²) in [7, 11) is 1.74. The molecule has 0 spiro atoms. The first-order valence-electron chi connectivity index (χ1n) is 21.3. The van der Waals surface area contributed by atoms with E-state index < -0.39 is 11.7 Å². The van der Waals surface area contributed by atoms with E-state index in [-0.39, 0.29) is 11.5 Å². The number of benzene rings is 5. The minimum atomic E-state index is -0.883. The van der Waals surface area contributed by atoms with E-state index in [0.717, 1.165) is 76.5 Å². The molecule has 0 saturated carbocycles. The fourth-order valence-electron chi connectivity index (χ4n) is 9.66. The predicted octanol–water partition coefficient (Wildman–Crippen LogP) is 9.63. The Kier molecular flexibility index (Phi) is 10.8. The number of nitrogens with one attached hydrogen (secondary N) is 1. The Morgan fingerprint density at radius 3 is 2.33 bits per heavy atom. The summed E-state index contributed by atoms with van der Waals surface area (Å²) in [5, 5.41) is 4.96. The third kappa shape index (κ3) is 7.17. The highest BCUT2D eigenvalue weighted by Crippen LogP contribution is 2.59. The summed E-state index contributed by atoms with van der Waals surface area (Å²) in [6.45, 7) is 16.4. The summed E-state index contributed by atoms with van der Waals surface area (Å²) in [6.07, 6.45) is 5.39. The summed E-state index contributed by atoms with van der Waals surface area (Å²) < 4.78 is 30.9. The fraction of sp³-hybridized carbons (Fsp3) is 0.353. The number of methoxy groups -OCH3 is 1. The first-order chi connectivity index (χ1) is 29.2. The zero-order valence-corrected chi connectivity index (χ0v) is 35.2. The lowest BCUT2D eigenvalue weighted by molar-refractivity contribution is 0.0796. The number of piperidine rings is 1. The smallest absolute Gasteiger partial charge is 0.407 e. The average Bonchev–Trinajstić information content (AvgIpc) is 3.53. The first kappa shape index (κ1) is 39.7. The molecule has 310 valence electrons. The van der Waals surface area contributed by atoms with E-state index in [2.05, 4.69) is 139 Å². The molecule has 1 N–H and O–H groups in total. The van der Waals surface area contributed by atoms with Gasteiger partial charge in [0, 0.05) is 78.7 Å². The maximum atomic E-state index is 12.6. The van der Waals surface area contributed by atoms with Gasteiger partial charge in [-0.25, -0.2) is 4.79 Å². The molecule has 1 atom stereocenters. The van der Waals surface area contributed by atoms with Crippen LogP contribution in [0.4, 0.5) is 16.2 Å². The van der Waals surface area contributed by atoms with E-state index in [9.17, 15) is 4.79 Å². The van der Waals surface area contributed by atoms with Crippen LogP contribution in [0, 0.1) is 0 Å². The van der Waals surface area contributed by atoms with E-state index in [4.69, 9.17) is 23.7 Å². The maximum absolute atomic E-state index is 12.6. The first-order valence-corrected chi connectivity index (χ1v) is 21.3. The van der Waals surface area contributed by atoms with Gasteiger partial charge < -0.3 is 38.8 Å². The molecular formula is C51H55N3O6. The molecule has 2 saturated heterocycles. The Morgan fingerprint density at radius 2 is 1.60 bits per heavy atom. The Labute approximate surface area is 353 Å². The normalized spacial score (nSPS) is 19.3. The van der Waals surface area contributed by atoms with Crippen LogP contribution in [-0.4, -0.2) is 78.5 Å². The predicted molar refractivity (Wildman–Crippen MR) is 240 cm³/mol. The molecule has 4 aliphatic rings. The lowest BCUT2D eigenvalue weighted by Crippen LogP contribution is -2.40. The van der Waals surface area contributed by atoms with E-state index in [1.165, 1.54) is 27.9 Å². The van der Waals surface area contributed by atoms with Crippen molar-refractivity contribution in [3.05, 3.63) is 137 Å². The number of carbonyl (C=O) groups excluding carboxylic acids is 1. The highest BCUT2D eigenvalue weighted by atomic mass is 16.6. The number of nitrogens with zero attached hydrogens (tertiary/aromatic N) is 2. The number of rotatable bonds is 11. The highest BCUT2D eigenvalue weighted by molar-refractivity contribution is 6.10. The Morgan fingerprint density at radius 1 is 0.883 bits per heavy atom. The van der Waals surface area contributed by atoms with Gasteiger partial charge in [-0.2, -0.15) is 0 Å². The molecule has 3 heterocycles. The maximum Gasteiger partial charge on any atom is 0.407 e. The van der Waals surface area contributed by atoms with Gasteiger partial charge in [0.05, 0.1) is 39.2 Å². The van der Waals surface area contributed by atoms with Gasteiger partial charge in [-0.3, -0.25) is 0 Å². The van der Waals surface area contributed by atoms with Crippen LogP contribution in [0.5, 0.6) is 11.5 Å². The molecule has 2 fully saturated rings. The molecule has 0 radical (unpaired) electrons. The fourth-order valence-corrected chi connectivity index (χ4v) is 9.66. The van der Waals surface area contributed by atoms with Gasteiger partial charge in [0.1, 0.15) is 17.6 Å². The summed E-state index contributed by atoms with van der Waals surface area (Å²) in [4.78, 5) is 17.4. The molecular weight excluding hydrogens is 751 g/mol. The standard InChI is InChI=1S/C51H55N3O6/c1-34(2)33-58-28-23-52-49(55)59-38-20-24-54(25-21-38)44-31-41-42(32-45(44)56-5)48-40(47-46(41)39-13-9-10-14-43(39)50(47,3)4)19-22-51(60-48,35-11-7-6-8-12-35)36-15-17-37(18-16-36)53-26-29-57-30-27-53/h6-19,22,31-32,38H,1,20-21,23-30,33H2,2-5H3,(H,52,55). The van der Waals surface area contributed by atoms with Crippen molar-refractivity contribution in [3.8, 4) is 22.6 Å². The van der Waals surface area contributed by atoms with E-state index in [1.54, 1.807) is 7.11 Å². The van der Waals surface area contributed by atoms with Gasteiger partial charge in [-0.05, 0) is 64.9 Å². The monoisotopic (exact) mass is 805 g/mol. The van der Waals surface area contributed by atoms with Crippen molar-refractivity contribution in [1.82, 2.24) is 5.32 Å². The topological polar surface area (TPSA) is 81.7 Å². The lowest BCUT2D eigenvalue weighted by Gasteiger charge is -2.39. The van der Waals surface area contributed by atoms with E-state index in [1.807, 2.05) is 6.92 Å². The molecule has 60 heavy (non-hydrogen) atoms. The third-order valence-corrected chi connectivity index (χ3v) is 12.6. The number of ether oxygens (including phenoxy) is 5. The zero-order valence-electron chi connectivity index (χ0n) is 35.2. The molecule has 3 aliphatic heterocycles. The SMILES string of the molecule is C=C(C)COCCNC(=O)OC1CCN(c2cc3c4c(c5c(c3cc2OC)OC(c2ccccc2)(c2ccc(N3CCOCC3)cc2)C=C5)C(C)(C)c2ccccc2-4)CC1. The van der Waals surface area contributed by atoms with Crippen LogP contribution in [-0.2, 0) is 25.2 Å². The van der Waals surface area contributed by atoms with Gasteiger partial charge in [-0.1, -0.05) is 98.8 Å². The van der Waals surface area contributed by atoms with Crippen molar-refractivity contribution in [3.63, 3.8) is 0 Å². The van der Waals surface area contributed by atoms with Crippen LogP contribution in [0.2, 0.25) is 0 Å². The summed E-state index contributed by atoms with van der Waals surface area (Å²) >= 11 is 0. The van der Waals surface area contributed by atoms with E-state index >= 15 is 0 Å². The lowest BCUT2D eigenvalue weighted by atomic mass is 9.76. The van der Waals surface area contributed by atoms with Crippen LogP contribution in [0.1, 0.15) is 61.4 Å². The summed E-state index contributed by atoms with van der Waals surface area (Å²) in [5.74, 6) is 1.63. The number of alkyl carbamates (subject to hydrolysis) is 1. The third-order valence-electron chi connectivity index (χ3n) is 12.6. The summed E-state index contributed by atoms with van der Waals surface area (Å²) in [6, 6.07) is 32.7. The minimum Gasteiger partial charge on any atom is -0.495 e. The number of carbonyl (C=O) groups is 1. The van der Waals surface area contributed by atoms with Crippen molar-refractivity contribution in [2.45, 2.75) is 50.7 Å². The average molecular weight is 806 g/mol. The molecule has 9 nitrogen and oxygen atoms in total. The summed E-state index contributed by atoms with van der Waals surface area (Å²) in [5.41, 5.74) is 10.3. The van der Waals surface area contributed by atoms with Gasteiger partial charge in [0.2, 0.25) is 0 Å². The molecule has 0 bridgehead atoms. The van der Waals surface area contributed by atoms with Crippen molar-refractivity contribution in [1.29, 1.82) is 0 Å². The molecule has 1 aliphatic carbocycles. The zero-order chi connectivity index (χ0) is 41.4. The Bertz CT molecular complexity index is 2430. The quantitative estimate of drug-likeness (QED) is 0.105. The second kappa shape index (κ2) is 16.4. The molecule has 9 rings (SSSR count). The van der Waals surface area contributed by atoms with Crippen molar-refractivity contribution in [2.24, 2.45) is 0 Å². The number of morpholine rings is 1. The Hall–Kier alpha value is -5.77. The highest BCUT2D eigenvalue weighted by Gasteiger charge is 2.44. The van der Waals surface area contributed by atoms with Gasteiger partial charge in [0.15, 0.2) is 5.60 Å². The second-order valence-corrected chi connectivity index (χ2v) is 16.9. The number of anilines is 2. The Balaban J connectivity index is 1.10.